The van der Waals surface area contributed by atoms with Crippen LogP contribution in [0.5, 0.6) is 5.75 Å². The summed E-state index contributed by atoms with van der Waals surface area (Å²) in [4.78, 5) is 37.8. The fourth-order valence-electron chi connectivity index (χ4n) is 14.3. The van der Waals surface area contributed by atoms with Crippen LogP contribution in [0.4, 0.5) is 23.2 Å². The number of nitrogens with zero attached hydrogens (tertiary/aromatic N) is 12. The van der Waals surface area contributed by atoms with Gasteiger partial charge in [-0.1, -0.05) is 213 Å². The van der Waals surface area contributed by atoms with Gasteiger partial charge < -0.3 is 43.0 Å². The van der Waals surface area contributed by atoms with Gasteiger partial charge in [0.25, 0.3) is 0 Å². The minimum Gasteiger partial charge on any atom is -0.539 e. The number of ether oxygens (including phenoxy) is 1. The average Bonchev–Trinajstić information content (AvgIpc) is 1.62. The number of pyridine rings is 3. The summed E-state index contributed by atoms with van der Waals surface area (Å²) in [6, 6.07) is 85.9. The molecule has 15 nitrogen and oxygen atoms in total. The fraction of sp³-hybridized carbons (Fsp3) is 0.126. The smallest absolute Gasteiger partial charge is 0.354 e. The number of carboxylic acid groups (broad SMARTS) is 1. The van der Waals surface area contributed by atoms with E-state index in [4.69, 9.17) is 19.8 Å². The van der Waals surface area contributed by atoms with Crippen LogP contribution in [-0.2, 0) is 101 Å². The van der Waals surface area contributed by atoms with Crippen molar-refractivity contribution in [3.8, 4) is 85.2 Å². The molecule has 19 aromatic rings. The Bertz CT molecular complexity index is 6630. The third-order valence-electron chi connectivity index (χ3n) is 19.5. The summed E-state index contributed by atoms with van der Waals surface area (Å²) in [5, 5.41) is 17.7. The molecule has 0 aliphatic carbocycles. The van der Waals surface area contributed by atoms with E-state index in [-0.39, 0.29) is 147 Å². The van der Waals surface area contributed by atoms with E-state index in [0.29, 0.717) is 11.4 Å². The normalized spacial score (nSPS) is 10.1. The molecule has 129 heavy (non-hydrogen) atoms. The van der Waals surface area contributed by atoms with E-state index < -0.39 is 29.2 Å². The van der Waals surface area contributed by atoms with E-state index in [1.807, 2.05) is 55.3 Å². The van der Waals surface area contributed by atoms with Crippen molar-refractivity contribution in [1.29, 1.82) is 0 Å². The van der Waals surface area contributed by atoms with Gasteiger partial charge in [0.15, 0.2) is 0 Å². The van der Waals surface area contributed by atoms with Gasteiger partial charge in [0.1, 0.15) is 5.69 Å². The topological polar surface area (TPSA) is 160 Å². The van der Waals surface area contributed by atoms with Crippen LogP contribution in [0.3, 0.4) is 0 Å². The van der Waals surface area contributed by atoms with Crippen molar-refractivity contribution in [2.24, 2.45) is 0 Å². The van der Waals surface area contributed by atoms with Crippen LogP contribution in [0.15, 0.2) is 296 Å². The van der Waals surface area contributed by atoms with E-state index in [2.05, 4.69) is 288 Å². The number of halogens is 5. The summed E-state index contributed by atoms with van der Waals surface area (Å²) in [6.07, 6.45) is 17.4. The molecule has 8 aromatic heterocycles. The van der Waals surface area contributed by atoms with Gasteiger partial charge in [-0.3, -0.25) is 36.9 Å². The second kappa shape index (κ2) is 50.2. The number of carboxylic acids is 1. The maximum atomic E-state index is 13.2. The van der Waals surface area contributed by atoms with Crippen molar-refractivity contribution in [1.82, 2.24) is 52.5 Å². The maximum absolute atomic E-state index is 13.2. The number of carbonyl (C=O) groups is 1. The molecule has 0 saturated heterocycles. The molecule has 0 bridgehead atoms. The maximum Gasteiger partial charge on any atom is 0.354 e. The molecule has 0 aliphatic heterocycles. The largest absolute Gasteiger partial charge is 0.539 e. The molecule has 0 fully saturated rings. The number of aromatic carboxylic acids is 1. The summed E-state index contributed by atoms with van der Waals surface area (Å²) < 4.78 is 70.7. The molecular formula is C103H92BrF4Ir5N12O3S-5. The number of fused-ring (bicyclic) bond motifs is 5. The summed E-state index contributed by atoms with van der Waals surface area (Å²) in [6.45, 7) is 12.8. The Labute approximate surface area is 831 Å². The number of aryl methyl sites for hydroxylation is 6. The Morgan fingerprint density at radius 2 is 0.938 bits per heavy atom. The van der Waals surface area contributed by atoms with Crippen LogP contribution < -0.4 is 9.64 Å². The van der Waals surface area contributed by atoms with Crippen molar-refractivity contribution in [2.45, 2.75) is 71.2 Å². The second-order valence-corrected chi connectivity index (χ2v) is 29.5. The van der Waals surface area contributed by atoms with Gasteiger partial charge in [0, 0.05) is 243 Å². The van der Waals surface area contributed by atoms with Gasteiger partial charge in [0.05, 0.1) is 35.5 Å². The summed E-state index contributed by atoms with van der Waals surface area (Å²) in [5.41, 5.74) is 19.5. The number of benzene rings is 11. The van der Waals surface area contributed by atoms with E-state index in [0.717, 1.165) is 91.4 Å². The Hall–Kier alpha value is -11.0. The van der Waals surface area contributed by atoms with Crippen LogP contribution in [0.25, 0.3) is 123 Å². The van der Waals surface area contributed by atoms with Crippen LogP contribution in [0, 0.1) is 95.3 Å². The van der Waals surface area contributed by atoms with Crippen molar-refractivity contribution in [2.75, 3.05) is 26.1 Å². The second-order valence-electron chi connectivity index (χ2n) is 28.0. The molecule has 0 amide bonds. The van der Waals surface area contributed by atoms with E-state index in [9.17, 15) is 22.4 Å². The standard InChI is InChI=1S/C30H24N3.C21H14N3S.C20H21BrN3O.2C11H6F2N.C6H5NO2.4CH4.5Ir/c1-20-17-21(2)29(22(3)18-20)32-16-15-31-30(32)23-9-8-10-24(19-23)33-27-13-6-4-11-25(27)26-12-5-7-14-28(26)33;1-14-12-24(21(23-14)17-11-22-25-13-17)20-18-8-4-2-6-15(18)10-16-7-3-5-9-19(16)20;1-13-10-16(23(3)4)11-14(2)19(13)24-9-8-22-20(24)15-6-7-18(25-5)17(21)12-15;2*12-8-4-5-9(10(13)7-8)11-3-1-2-6-14-11;8-6(9)5-3-1-2-4-7-5;;;;;;;;;/h4-8,10-19H,1-3H3;2-10,12-13H,1H3;7-12H,1-5H3;2*1-4,6-7H;1-4H,(H,8,9);4*1H4;;;;;/q5*-1;;;;;;;;;;. The molecule has 0 spiro atoms. The molecule has 1 N–H and O–H groups in total. The number of hydrogen-bond acceptors (Lipinski definition) is 11. The third-order valence-corrected chi connectivity index (χ3v) is 20.6. The number of anilines is 1. The van der Waals surface area contributed by atoms with Crippen molar-refractivity contribution in [3.05, 3.63) is 389 Å². The first-order chi connectivity index (χ1) is 58.2. The number of para-hydroxylation sites is 2. The van der Waals surface area contributed by atoms with Gasteiger partial charge in [-0.05, 0) is 151 Å². The van der Waals surface area contributed by atoms with Gasteiger partial charge in [0.2, 0.25) is 0 Å². The molecule has 0 atom stereocenters. The molecule has 0 unspecified atom stereocenters. The van der Waals surface area contributed by atoms with Crippen LogP contribution in [0.1, 0.15) is 73.7 Å². The average molecular weight is 2690 g/mol. The minimum atomic E-state index is -0.990. The van der Waals surface area contributed by atoms with Gasteiger partial charge in [-0.15, -0.1) is 95.0 Å². The van der Waals surface area contributed by atoms with E-state index >= 15 is 0 Å². The molecule has 5 radical (unpaired) electrons. The number of rotatable bonds is 12. The summed E-state index contributed by atoms with van der Waals surface area (Å²) in [5.74, 6) is -0.176. The van der Waals surface area contributed by atoms with Gasteiger partial charge >= 0.3 is 5.97 Å². The predicted octanol–water partition coefficient (Wildman–Crippen LogP) is 26.5. The molecule has 26 heteroatoms. The number of hydrogen-bond donors (Lipinski definition) is 1. The van der Waals surface area contributed by atoms with Crippen LogP contribution >= 0.6 is 27.5 Å². The zero-order valence-electron chi connectivity index (χ0n) is 68.3. The van der Waals surface area contributed by atoms with Gasteiger partial charge in [-0.25, -0.2) is 9.78 Å². The third kappa shape index (κ3) is 25.3. The zero-order valence-corrected chi connectivity index (χ0v) is 82.7. The van der Waals surface area contributed by atoms with Crippen LogP contribution in [-0.4, -0.2) is 84.8 Å². The first-order valence-corrected chi connectivity index (χ1v) is 39.5. The Morgan fingerprint density at radius 1 is 0.473 bits per heavy atom. The Morgan fingerprint density at radius 3 is 1.37 bits per heavy atom. The minimum absolute atomic E-state index is 0. The molecule has 11 aromatic carbocycles. The van der Waals surface area contributed by atoms with E-state index in [1.165, 1.54) is 106 Å². The molecule has 0 saturated carbocycles. The Balaban J connectivity index is 0.000000282. The van der Waals surface area contributed by atoms with Gasteiger partial charge in [-0.2, -0.15) is 0 Å². The Kier molecular flexibility index (Phi) is 42.2. The predicted molar refractivity (Wildman–Crippen MR) is 501 cm³/mol. The number of methoxy groups -OCH3 is 1. The number of aromatic nitrogens is 11. The van der Waals surface area contributed by atoms with Crippen molar-refractivity contribution >= 4 is 82.5 Å². The van der Waals surface area contributed by atoms with Crippen molar-refractivity contribution in [3.63, 3.8) is 0 Å². The molecule has 0 aliphatic rings. The van der Waals surface area contributed by atoms with Crippen molar-refractivity contribution < 1.29 is 133 Å². The SMILES string of the molecule is C.C.C.C.COc1c[c-]c(-c2nccn2-c2c(C)cc(N(C)C)cc2C)cc1Br.Cc1cc(C)c(-n2ccnc2-c2[c-]ccc(-n3c4ccccc4c4ccccc43)c2)c(C)c1.Cc1cn(-c2c3ccccc3cc3ccccc23)c(-c2[c-]nsc2)n1.Fc1c[c-]c(-c2ccccn2)c(F)c1.Fc1c[c-]c(-c2ccccn2)c(F)c1.O=C(O)c1ccccn1.[Ir].[Ir].[Ir].[Ir].[Ir]. The fourth-order valence-corrected chi connectivity index (χ4v) is 15.3. The van der Waals surface area contributed by atoms with Crippen LogP contribution in [0.2, 0.25) is 0 Å². The first kappa shape index (κ1) is 108. The molecule has 673 valence electrons. The first-order valence-electron chi connectivity index (χ1n) is 37.9. The summed E-state index contributed by atoms with van der Waals surface area (Å²) >= 11 is 4.94. The molecule has 8 heterocycles. The zero-order chi connectivity index (χ0) is 84.1. The summed E-state index contributed by atoms with van der Waals surface area (Å²) in [7, 11) is 5.76. The van der Waals surface area contributed by atoms with E-state index in [1.54, 1.807) is 68.0 Å². The quantitative estimate of drug-likeness (QED) is 0.0704. The molecule has 19 rings (SSSR count). The molecular weight excluding hydrogens is 2600 g/mol. The number of imidazole rings is 3. The monoisotopic (exact) mass is 2700 g/mol.